The Bertz CT molecular complexity index is 503. The molecule has 1 aliphatic carbocycles. The van der Waals surface area contributed by atoms with Crippen molar-refractivity contribution in [2.24, 2.45) is 0 Å². The third-order valence-corrected chi connectivity index (χ3v) is 2.82. The van der Waals surface area contributed by atoms with E-state index in [2.05, 4.69) is 5.32 Å². The first-order valence-electron chi connectivity index (χ1n) is 6.45. The zero-order valence-corrected chi connectivity index (χ0v) is 11.3. The number of ether oxygens (including phenoxy) is 2. The second kappa shape index (κ2) is 6.75. The fourth-order valence-electron chi connectivity index (χ4n) is 1.56. The van der Waals surface area contributed by atoms with Crippen molar-refractivity contribution in [1.29, 1.82) is 0 Å². The zero-order chi connectivity index (χ0) is 14.4. The average molecular weight is 275 g/mol. The lowest BCUT2D eigenvalue weighted by molar-refractivity contribution is -0.143. The molecule has 0 aliphatic heterocycles. The lowest BCUT2D eigenvalue weighted by Crippen LogP contribution is -2.30. The summed E-state index contributed by atoms with van der Waals surface area (Å²) in [6.45, 7) is -0.234. The number of benzene rings is 1. The van der Waals surface area contributed by atoms with E-state index in [9.17, 15) is 9.59 Å². The molecule has 0 spiro atoms. The van der Waals surface area contributed by atoms with Gasteiger partial charge in [0.15, 0.2) is 6.61 Å². The topological polar surface area (TPSA) is 64.6 Å². The molecule has 0 heterocycles. The maximum absolute atomic E-state index is 11.4. The van der Waals surface area contributed by atoms with E-state index in [-0.39, 0.29) is 18.6 Å². The fourth-order valence-corrected chi connectivity index (χ4v) is 1.56. The molecule has 0 bridgehead atoms. The first-order chi connectivity index (χ1) is 9.67. The van der Waals surface area contributed by atoms with Gasteiger partial charge in [0.05, 0.1) is 7.11 Å². The molecule has 0 saturated heterocycles. The second-order valence-corrected chi connectivity index (χ2v) is 4.56. The Morgan fingerprint density at radius 2 is 2.00 bits per heavy atom. The molecule has 0 unspecified atom stereocenters. The summed E-state index contributed by atoms with van der Waals surface area (Å²) in [4.78, 5) is 22.7. The van der Waals surface area contributed by atoms with Gasteiger partial charge in [-0.25, -0.2) is 4.79 Å². The Hall–Kier alpha value is -2.30. The lowest BCUT2D eigenvalue weighted by Gasteiger charge is -2.03. The molecule has 1 amide bonds. The third kappa shape index (κ3) is 4.76. The number of hydrogen-bond acceptors (Lipinski definition) is 4. The van der Waals surface area contributed by atoms with Crippen LogP contribution < -0.4 is 10.1 Å². The summed E-state index contributed by atoms with van der Waals surface area (Å²) in [6, 6.07) is 7.52. The quantitative estimate of drug-likeness (QED) is 0.631. The van der Waals surface area contributed by atoms with Crippen LogP contribution in [0.4, 0.5) is 0 Å². The van der Waals surface area contributed by atoms with Crippen LogP contribution in [0.1, 0.15) is 18.4 Å². The second-order valence-electron chi connectivity index (χ2n) is 4.56. The summed E-state index contributed by atoms with van der Waals surface area (Å²) >= 11 is 0. The van der Waals surface area contributed by atoms with E-state index in [1.165, 1.54) is 6.08 Å². The molecule has 106 valence electrons. The van der Waals surface area contributed by atoms with Gasteiger partial charge < -0.3 is 14.8 Å². The fraction of sp³-hybridized carbons (Fsp3) is 0.333. The highest BCUT2D eigenvalue weighted by atomic mass is 16.5. The molecule has 1 aromatic rings. The van der Waals surface area contributed by atoms with Crippen LogP contribution in [-0.2, 0) is 14.3 Å². The Labute approximate surface area is 117 Å². The minimum Gasteiger partial charge on any atom is -0.497 e. The molecule has 5 heteroatoms. The number of rotatable bonds is 6. The minimum atomic E-state index is -0.535. The third-order valence-electron chi connectivity index (χ3n) is 2.82. The minimum absolute atomic E-state index is 0.234. The summed E-state index contributed by atoms with van der Waals surface area (Å²) in [5, 5.41) is 2.74. The van der Waals surface area contributed by atoms with Gasteiger partial charge in [0, 0.05) is 12.1 Å². The maximum Gasteiger partial charge on any atom is 0.331 e. The molecule has 0 radical (unpaired) electrons. The van der Waals surface area contributed by atoms with Crippen molar-refractivity contribution in [2.45, 2.75) is 18.9 Å². The molecule has 0 atom stereocenters. The maximum atomic E-state index is 11.4. The van der Waals surface area contributed by atoms with Crippen LogP contribution in [0.2, 0.25) is 0 Å². The van der Waals surface area contributed by atoms with Crippen LogP contribution in [0.3, 0.4) is 0 Å². The van der Waals surface area contributed by atoms with E-state index in [4.69, 9.17) is 9.47 Å². The van der Waals surface area contributed by atoms with Gasteiger partial charge in [-0.2, -0.15) is 0 Å². The molecule has 1 fully saturated rings. The SMILES string of the molecule is COc1ccc(C=CC(=O)OCC(=O)NC2CC2)cc1. The van der Waals surface area contributed by atoms with Crippen molar-refractivity contribution in [2.75, 3.05) is 13.7 Å². The van der Waals surface area contributed by atoms with E-state index in [0.717, 1.165) is 24.2 Å². The van der Waals surface area contributed by atoms with Gasteiger partial charge in [-0.1, -0.05) is 12.1 Å². The number of methoxy groups -OCH3 is 1. The van der Waals surface area contributed by atoms with Crippen LogP contribution in [0, 0.1) is 0 Å². The molecule has 20 heavy (non-hydrogen) atoms. The first kappa shape index (κ1) is 14.1. The Kier molecular flexibility index (Phi) is 4.76. The van der Waals surface area contributed by atoms with Crippen LogP contribution in [0.5, 0.6) is 5.75 Å². The molecular weight excluding hydrogens is 258 g/mol. The Morgan fingerprint density at radius 1 is 1.30 bits per heavy atom. The Morgan fingerprint density at radius 3 is 2.60 bits per heavy atom. The molecule has 2 rings (SSSR count). The van der Waals surface area contributed by atoms with Crippen LogP contribution in [0.25, 0.3) is 6.08 Å². The predicted octanol–water partition coefficient (Wildman–Crippen LogP) is 1.53. The highest BCUT2D eigenvalue weighted by Crippen LogP contribution is 2.18. The highest BCUT2D eigenvalue weighted by molar-refractivity contribution is 5.89. The number of carbonyl (C=O) groups is 2. The van der Waals surface area contributed by atoms with Crippen LogP contribution in [0.15, 0.2) is 30.3 Å². The van der Waals surface area contributed by atoms with Crippen molar-refractivity contribution in [3.05, 3.63) is 35.9 Å². The summed E-state index contributed by atoms with van der Waals surface area (Å²) in [7, 11) is 1.59. The van der Waals surface area contributed by atoms with Crippen molar-refractivity contribution < 1.29 is 19.1 Å². The summed E-state index contributed by atoms with van der Waals surface area (Å²) in [6.07, 6.45) is 4.95. The van der Waals surface area contributed by atoms with Gasteiger partial charge in [0.25, 0.3) is 5.91 Å². The molecule has 0 aromatic heterocycles. The summed E-state index contributed by atoms with van der Waals surface area (Å²) < 4.78 is 9.87. The largest absolute Gasteiger partial charge is 0.497 e. The first-order valence-corrected chi connectivity index (χ1v) is 6.45. The van der Waals surface area contributed by atoms with Crippen molar-refractivity contribution in [1.82, 2.24) is 5.32 Å². The van der Waals surface area contributed by atoms with E-state index in [1.54, 1.807) is 25.3 Å². The molecule has 1 aliphatic rings. The van der Waals surface area contributed by atoms with Crippen molar-refractivity contribution in [3.63, 3.8) is 0 Å². The van der Waals surface area contributed by atoms with Crippen LogP contribution in [-0.4, -0.2) is 31.6 Å². The number of carbonyl (C=O) groups excluding carboxylic acids is 2. The van der Waals surface area contributed by atoms with Gasteiger partial charge >= 0.3 is 5.97 Å². The highest BCUT2D eigenvalue weighted by Gasteiger charge is 2.23. The normalized spacial score (nSPS) is 14.1. The van der Waals surface area contributed by atoms with E-state index in [1.807, 2.05) is 12.1 Å². The standard InChI is InChI=1S/C15H17NO4/c1-19-13-7-2-11(3-8-13)4-9-15(18)20-10-14(17)16-12-5-6-12/h2-4,7-9,12H,5-6,10H2,1H3,(H,16,17). The smallest absolute Gasteiger partial charge is 0.331 e. The van der Waals surface area contributed by atoms with Crippen molar-refractivity contribution in [3.8, 4) is 5.75 Å². The van der Waals surface area contributed by atoms with Gasteiger partial charge in [-0.3, -0.25) is 4.79 Å². The Balaban J connectivity index is 1.74. The van der Waals surface area contributed by atoms with Crippen molar-refractivity contribution >= 4 is 18.0 Å². The van der Waals surface area contributed by atoms with Gasteiger partial charge in [-0.05, 0) is 36.6 Å². The number of amides is 1. The van der Waals surface area contributed by atoms with Crippen LogP contribution >= 0.6 is 0 Å². The van der Waals surface area contributed by atoms with E-state index < -0.39 is 5.97 Å². The molecule has 1 saturated carbocycles. The number of hydrogen-bond donors (Lipinski definition) is 1. The van der Waals surface area contributed by atoms with E-state index in [0.29, 0.717) is 0 Å². The number of esters is 1. The lowest BCUT2D eigenvalue weighted by atomic mass is 10.2. The predicted molar refractivity (Wildman–Crippen MR) is 74.2 cm³/mol. The zero-order valence-electron chi connectivity index (χ0n) is 11.3. The monoisotopic (exact) mass is 275 g/mol. The molecule has 5 nitrogen and oxygen atoms in total. The molecular formula is C15H17NO4. The van der Waals surface area contributed by atoms with Gasteiger partial charge in [0.2, 0.25) is 0 Å². The summed E-state index contributed by atoms with van der Waals surface area (Å²) in [5.74, 6) is -0.0352. The molecule has 1 aromatic carbocycles. The summed E-state index contributed by atoms with van der Waals surface area (Å²) in [5.41, 5.74) is 0.852. The number of nitrogens with one attached hydrogen (secondary N) is 1. The van der Waals surface area contributed by atoms with E-state index >= 15 is 0 Å². The van der Waals surface area contributed by atoms with Gasteiger partial charge in [-0.15, -0.1) is 0 Å². The average Bonchev–Trinajstić information content (AvgIpc) is 3.27. The van der Waals surface area contributed by atoms with Gasteiger partial charge in [0.1, 0.15) is 5.75 Å². The molecule has 1 N–H and O–H groups in total.